The molecule has 2 saturated carbocycles. The predicted molar refractivity (Wildman–Crippen MR) is 68.4 cm³/mol. The second-order valence-electron chi connectivity index (χ2n) is 5.48. The third-order valence-electron chi connectivity index (χ3n) is 3.76. The number of esters is 1. The lowest BCUT2D eigenvalue weighted by molar-refractivity contribution is -0.153. The van der Waals surface area contributed by atoms with Gasteiger partial charge in [-0.2, -0.15) is 0 Å². The Balaban J connectivity index is 1.71. The minimum absolute atomic E-state index is 0.146. The highest BCUT2D eigenvalue weighted by Crippen LogP contribution is 2.64. The molecular weight excluding hydrogens is 277 g/mol. The molecular formula is C12H17Cl2NO3. The summed E-state index contributed by atoms with van der Waals surface area (Å²) >= 11 is 11.7. The van der Waals surface area contributed by atoms with Gasteiger partial charge in [-0.25, -0.2) is 0 Å². The summed E-state index contributed by atoms with van der Waals surface area (Å²) in [6.07, 6.45) is 2.67. The van der Waals surface area contributed by atoms with Crippen LogP contribution in [0.1, 0.15) is 33.1 Å². The third-order valence-corrected chi connectivity index (χ3v) is 4.86. The number of carbonyl (C=O) groups excluding carboxylic acids is 2. The average Bonchev–Trinajstić information content (AvgIpc) is 3.13. The molecule has 0 aliphatic heterocycles. The third kappa shape index (κ3) is 2.75. The quantitative estimate of drug-likeness (QED) is 0.623. The van der Waals surface area contributed by atoms with Crippen LogP contribution in [-0.2, 0) is 14.3 Å². The minimum atomic E-state index is -1.05. The van der Waals surface area contributed by atoms with Crippen LogP contribution in [0.2, 0.25) is 0 Å². The molecule has 6 heteroatoms. The Hall–Kier alpha value is -0.480. The summed E-state index contributed by atoms with van der Waals surface area (Å²) in [6.45, 7) is 3.33. The fourth-order valence-electron chi connectivity index (χ4n) is 1.92. The van der Waals surface area contributed by atoms with Gasteiger partial charge >= 0.3 is 5.97 Å². The molecule has 1 amide bonds. The molecule has 2 rings (SSSR count). The average molecular weight is 294 g/mol. The van der Waals surface area contributed by atoms with Gasteiger partial charge in [-0.3, -0.25) is 9.59 Å². The molecule has 2 aliphatic rings. The van der Waals surface area contributed by atoms with Crippen LogP contribution in [0.25, 0.3) is 0 Å². The van der Waals surface area contributed by atoms with Crippen LogP contribution in [0.3, 0.4) is 0 Å². The summed E-state index contributed by atoms with van der Waals surface area (Å²) in [5, 5.41) is 2.81. The van der Waals surface area contributed by atoms with Gasteiger partial charge in [0.2, 0.25) is 0 Å². The lowest BCUT2D eigenvalue weighted by Crippen LogP contribution is -2.37. The highest BCUT2D eigenvalue weighted by molar-refractivity contribution is 6.53. The molecule has 0 heterocycles. The van der Waals surface area contributed by atoms with Crippen molar-refractivity contribution in [2.24, 2.45) is 11.3 Å². The van der Waals surface area contributed by atoms with Crippen molar-refractivity contribution in [2.75, 3.05) is 6.61 Å². The second kappa shape index (κ2) is 4.57. The maximum atomic E-state index is 11.7. The van der Waals surface area contributed by atoms with E-state index in [1.165, 1.54) is 0 Å². The fraction of sp³-hybridized carbons (Fsp3) is 0.833. The Morgan fingerprint density at radius 1 is 1.44 bits per heavy atom. The number of alkyl halides is 2. The van der Waals surface area contributed by atoms with Crippen molar-refractivity contribution in [3.05, 3.63) is 0 Å². The van der Waals surface area contributed by atoms with Crippen LogP contribution in [0.4, 0.5) is 0 Å². The Bertz CT molecular complexity index is 382. The second-order valence-corrected chi connectivity index (χ2v) is 6.97. The molecule has 2 unspecified atom stereocenters. The number of hydrogen-bond donors (Lipinski definition) is 1. The van der Waals surface area contributed by atoms with Gasteiger partial charge in [0.15, 0.2) is 6.61 Å². The van der Waals surface area contributed by atoms with Crippen molar-refractivity contribution in [3.63, 3.8) is 0 Å². The molecule has 0 aromatic carbocycles. The monoisotopic (exact) mass is 293 g/mol. The number of nitrogens with one attached hydrogen (secondary N) is 1. The first kappa shape index (κ1) is 13.9. The van der Waals surface area contributed by atoms with Crippen molar-refractivity contribution < 1.29 is 14.3 Å². The van der Waals surface area contributed by atoms with E-state index in [0.717, 1.165) is 12.8 Å². The first-order valence-corrected chi connectivity index (χ1v) is 6.86. The van der Waals surface area contributed by atoms with Crippen molar-refractivity contribution in [1.29, 1.82) is 0 Å². The fourth-order valence-corrected chi connectivity index (χ4v) is 2.61. The number of amides is 1. The van der Waals surface area contributed by atoms with Crippen molar-refractivity contribution in [3.8, 4) is 0 Å². The Morgan fingerprint density at radius 3 is 2.44 bits per heavy atom. The van der Waals surface area contributed by atoms with Gasteiger partial charge in [0.25, 0.3) is 5.91 Å². The lowest BCUT2D eigenvalue weighted by atomic mass is 10.1. The Labute approximate surface area is 116 Å². The lowest BCUT2D eigenvalue weighted by Gasteiger charge is -2.14. The van der Waals surface area contributed by atoms with Crippen LogP contribution >= 0.6 is 23.2 Å². The van der Waals surface area contributed by atoms with Crippen molar-refractivity contribution in [1.82, 2.24) is 5.32 Å². The van der Waals surface area contributed by atoms with Crippen LogP contribution in [-0.4, -0.2) is 28.9 Å². The number of carbonyl (C=O) groups is 2. The van der Waals surface area contributed by atoms with Crippen LogP contribution in [0, 0.1) is 11.3 Å². The molecule has 2 aliphatic carbocycles. The molecule has 4 nitrogen and oxygen atoms in total. The number of hydrogen-bond acceptors (Lipinski definition) is 3. The first-order chi connectivity index (χ1) is 8.26. The zero-order valence-electron chi connectivity index (χ0n) is 10.5. The predicted octanol–water partition coefficient (Wildman–Crippen LogP) is 2.03. The van der Waals surface area contributed by atoms with E-state index in [-0.39, 0.29) is 18.6 Å². The molecule has 0 saturated heterocycles. The summed E-state index contributed by atoms with van der Waals surface area (Å²) in [5.41, 5.74) is -0.876. The topological polar surface area (TPSA) is 55.4 Å². The van der Waals surface area contributed by atoms with E-state index >= 15 is 0 Å². The summed E-state index contributed by atoms with van der Waals surface area (Å²) in [7, 11) is 0. The molecule has 2 atom stereocenters. The van der Waals surface area contributed by atoms with E-state index in [1.54, 1.807) is 6.92 Å². The first-order valence-electron chi connectivity index (χ1n) is 6.11. The zero-order chi connectivity index (χ0) is 13.6. The van der Waals surface area contributed by atoms with Gasteiger partial charge in [0.1, 0.15) is 9.75 Å². The molecule has 102 valence electrons. The van der Waals surface area contributed by atoms with Gasteiger partial charge in [0.05, 0.1) is 0 Å². The molecule has 1 N–H and O–H groups in total. The Morgan fingerprint density at radius 2 is 2.00 bits per heavy atom. The van der Waals surface area contributed by atoms with Gasteiger partial charge < -0.3 is 10.1 Å². The summed E-state index contributed by atoms with van der Waals surface area (Å²) in [6, 6.07) is 0.146. The molecule has 0 aromatic heterocycles. The van der Waals surface area contributed by atoms with Crippen molar-refractivity contribution in [2.45, 2.75) is 43.5 Å². The maximum absolute atomic E-state index is 11.7. The van der Waals surface area contributed by atoms with Crippen LogP contribution in [0.5, 0.6) is 0 Å². The molecule has 0 aromatic rings. The summed E-state index contributed by atoms with van der Waals surface area (Å²) in [5.74, 6) is -0.215. The zero-order valence-corrected chi connectivity index (χ0v) is 12.0. The van der Waals surface area contributed by atoms with E-state index < -0.39 is 15.7 Å². The maximum Gasteiger partial charge on any atom is 0.315 e. The highest BCUT2D eigenvalue weighted by Gasteiger charge is 2.69. The van der Waals surface area contributed by atoms with Gasteiger partial charge in [0, 0.05) is 12.5 Å². The molecule has 2 fully saturated rings. The summed E-state index contributed by atoms with van der Waals surface area (Å²) < 4.78 is 3.89. The highest BCUT2D eigenvalue weighted by atomic mass is 35.5. The van der Waals surface area contributed by atoms with E-state index in [4.69, 9.17) is 27.9 Å². The van der Waals surface area contributed by atoms with Crippen LogP contribution < -0.4 is 5.32 Å². The smallest absolute Gasteiger partial charge is 0.315 e. The van der Waals surface area contributed by atoms with E-state index in [0.29, 0.717) is 12.3 Å². The van der Waals surface area contributed by atoms with E-state index in [2.05, 4.69) is 5.32 Å². The molecule has 0 spiro atoms. The minimum Gasteiger partial charge on any atom is -0.455 e. The van der Waals surface area contributed by atoms with Gasteiger partial charge in [-0.15, -0.1) is 23.2 Å². The molecule has 18 heavy (non-hydrogen) atoms. The van der Waals surface area contributed by atoms with Crippen molar-refractivity contribution >= 4 is 35.1 Å². The Kier molecular flexibility index (Phi) is 3.54. The molecule has 0 radical (unpaired) electrons. The SMILES string of the molecule is CC(NC(=O)COC(=O)C1(C)CC1(Cl)Cl)C1CC1. The number of halogens is 2. The summed E-state index contributed by atoms with van der Waals surface area (Å²) in [4.78, 5) is 23.3. The van der Waals surface area contributed by atoms with Gasteiger partial charge in [-0.1, -0.05) is 0 Å². The normalized spacial score (nSPS) is 30.4. The number of ether oxygens (including phenoxy) is 1. The largest absolute Gasteiger partial charge is 0.455 e. The van der Waals surface area contributed by atoms with E-state index in [1.807, 2.05) is 6.92 Å². The standard InChI is InChI=1S/C12H17Cl2NO3/c1-7(8-3-4-8)15-9(16)5-18-10(17)11(2)6-12(11,13)14/h7-8H,3-6H2,1-2H3,(H,15,16). The van der Waals surface area contributed by atoms with Gasteiger partial charge in [-0.05, 0) is 32.6 Å². The van der Waals surface area contributed by atoms with E-state index in [9.17, 15) is 9.59 Å². The van der Waals surface area contributed by atoms with Crippen LogP contribution in [0.15, 0.2) is 0 Å². The molecule has 0 bridgehead atoms. The number of rotatable bonds is 5.